The van der Waals surface area contributed by atoms with Crippen LogP contribution in [0.1, 0.15) is 26.7 Å². The van der Waals surface area contributed by atoms with Gasteiger partial charge in [0.2, 0.25) is 0 Å². The molecule has 14 heavy (non-hydrogen) atoms. The third-order valence-corrected chi connectivity index (χ3v) is 3.01. The maximum absolute atomic E-state index is 11.6. The van der Waals surface area contributed by atoms with Gasteiger partial charge in [0.05, 0.1) is 6.33 Å². The lowest BCUT2D eigenvalue weighted by Gasteiger charge is -2.13. The second-order valence-corrected chi connectivity index (χ2v) is 4.24. The molecule has 0 aliphatic rings. The Hall–Kier alpha value is -0.640. The van der Waals surface area contributed by atoms with Crippen molar-refractivity contribution in [3.8, 4) is 0 Å². The van der Waals surface area contributed by atoms with Gasteiger partial charge in [-0.1, -0.05) is 26.7 Å². The predicted molar refractivity (Wildman–Crippen MR) is 60.3 cm³/mol. The van der Waals surface area contributed by atoms with Gasteiger partial charge in [-0.05, 0) is 21.8 Å². The van der Waals surface area contributed by atoms with Gasteiger partial charge in [0.15, 0.2) is 0 Å². The van der Waals surface area contributed by atoms with E-state index in [1.165, 1.54) is 6.20 Å². The zero-order chi connectivity index (χ0) is 10.6. The van der Waals surface area contributed by atoms with Crippen molar-refractivity contribution < 1.29 is 0 Å². The number of hydrogen-bond donors (Lipinski definition) is 0. The minimum Gasteiger partial charge on any atom is -0.298 e. The molecule has 0 fully saturated rings. The van der Waals surface area contributed by atoms with Crippen LogP contribution in [0.25, 0.3) is 0 Å². The van der Waals surface area contributed by atoms with Crippen molar-refractivity contribution in [2.45, 2.75) is 33.2 Å². The number of hydrogen-bond acceptors (Lipinski definition) is 2. The summed E-state index contributed by atoms with van der Waals surface area (Å²) in [6.07, 6.45) is 5.32. The van der Waals surface area contributed by atoms with E-state index in [0.29, 0.717) is 10.4 Å². The van der Waals surface area contributed by atoms with Crippen LogP contribution in [-0.2, 0) is 6.54 Å². The lowest BCUT2D eigenvalue weighted by Crippen LogP contribution is -2.24. The first-order valence-electron chi connectivity index (χ1n) is 4.89. The number of rotatable bonds is 4. The number of aromatic nitrogens is 2. The molecule has 0 aliphatic heterocycles. The first-order valence-corrected chi connectivity index (χ1v) is 5.68. The summed E-state index contributed by atoms with van der Waals surface area (Å²) in [7, 11) is 0. The minimum atomic E-state index is 0.00639. The van der Waals surface area contributed by atoms with Crippen molar-refractivity contribution in [1.29, 1.82) is 0 Å². The Balaban J connectivity index is 2.86. The van der Waals surface area contributed by atoms with Crippen molar-refractivity contribution in [3.05, 3.63) is 27.4 Å². The molecule has 0 bridgehead atoms. The van der Waals surface area contributed by atoms with E-state index in [4.69, 9.17) is 0 Å². The monoisotopic (exact) mass is 258 g/mol. The fourth-order valence-electron chi connectivity index (χ4n) is 1.38. The molecule has 0 N–H and O–H groups in total. The first kappa shape index (κ1) is 11.4. The standard InChI is InChI=1S/C10H15BrN2O/c1-3-8(4-2)6-13-7-12-5-9(11)10(13)14/h5,7-8H,3-4,6H2,1-2H3. The Morgan fingerprint density at radius 1 is 1.50 bits per heavy atom. The maximum atomic E-state index is 11.6. The molecule has 0 radical (unpaired) electrons. The van der Waals surface area contributed by atoms with E-state index in [0.717, 1.165) is 19.4 Å². The minimum absolute atomic E-state index is 0.00639. The van der Waals surface area contributed by atoms with Gasteiger partial charge in [-0.15, -0.1) is 0 Å². The molecule has 4 heteroatoms. The zero-order valence-electron chi connectivity index (χ0n) is 8.53. The van der Waals surface area contributed by atoms with Crippen LogP contribution in [0.4, 0.5) is 0 Å². The van der Waals surface area contributed by atoms with Crippen LogP contribution >= 0.6 is 15.9 Å². The summed E-state index contributed by atoms with van der Waals surface area (Å²) < 4.78 is 2.20. The van der Waals surface area contributed by atoms with Crippen molar-refractivity contribution in [2.24, 2.45) is 5.92 Å². The molecular weight excluding hydrogens is 244 g/mol. The number of halogens is 1. The Labute approximate surface area is 92.3 Å². The third-order valence-electron chi connectivity index (χ3n) is 2.47. The Kier molecular flexibility index (Phi) is 4.32. The fourth-order valence-corrected chi connectivity index (χ4v) is 1.73. The van der Waals surface area contributed by atoms with Crippen molar-refractivity contribution in [1.82, 2.24) is 9.55 Å². The normalized spacial score (nSPS) is 10.9. The molecule has 1 aromatic heterocycles. The van der Waals surface area contributed by atoms with Crippen LogP contribution in [-0.4, -0.2) is 9.55 Å². The molecule has 0 saturated carbocycles. The van der Waals surface area contributed by atoms with E-state index in [9.17, 15) is 4.79 Å². The maximum Gasteiger partial charge on any atom is 0.267 e. The van der Waals surface area contributed by atoms with Crippen LogP contribution in [0.3, 0.4) is 0 Å². The highest BCUT2D eigenvalue weighted by atomic mass is 79.9. The molecule has 78 valence electrons. The van der Waals surface area contributed by atoms with Crippen LogP contribution in [0, 0.1) is 5.92 Å². The Bertz CT molecular complexity index is 344. The zero-order valence-corrected chi connectivity index (χ0v) is 10.1. The molecule has 0 spiro atoms. The summed E-state index contributed by atoms with van der Waals surface area (Å²) in [6, 6.07) is 0. The van der Waals surface area contributed by atoms with Crippen molar-refractivity contribution in [2.75, 3.05) is 0 Å². The fraction of sp³-hybridized carbons (Fsp3) is 0.600. The Morgan fingerprint density at radius 2 is 2.14 bits per heavy atom. The first-order chi connectivity index (χ1) is 6.69. The molecule has 0 amide bonds. The summed E-state index contributed by atoms with van der Waals surface area (Å²) in [5.41, 5.74) is 0.00639. The van der Waals surface area contributed by atoms with E-state index < -0.39 is 0 Å². The summed E-state index contributed by atoms with van der Waals surface area (Å²) in [5.74, 6) is 0.559. The van der Waals surface area contributed by atoms with E-state index in [1.807, 2.05) is 0 Å². The van der Waals surface area contributed by atoms with E-state index in [-0.39, 0.29) is 5.56 Å². The van der Waals surface area contributed by atoms with Gasteiger partial charge in [0, 0.05) is 12.7 Å². The van der Waals surface area contributed by atoms with Gasteiger partial charge in [0.25, 0.3) is 5.56 Å². The molecule has 3 nitrogen and oxygen atoms in total. The highest BCUT2D eigenvalue weighted by Gasteiger charge is 2.07. The summed E-state index contributed by atoms with van der Waals surface area (Å²) in [4.78, 5) is 15.6. The molecule has 0 aliphatic carbocycles. The largest absolute Gasteiger partial charge is 0.298 e. The van der Waals surface area contributed by atoms with E-state index in [2.05, 4.69) is 34.8 Å². The highest BCUT2D eigenvalue weighted by molar-refractivity contribution is 9.10. The second kappa shape index (κ2) is 5.29. The lowest BCUT2D eigenvalue weighted by atomic mass is 10.0. The molecule has 1 aromatic rings. The number of nitrogens with zero attached hydrogens (tertiary/aromatic N) is 2. The Morgan fingerprint density at radius 3 is 2.71 bits per heavy atom. The van der Waals surface area contributed by atoms with Gasteiger partial charge >= 0.3 is 0 Å². The average molecular weight is 259 g/mol. The van der Waals surface area contributed by atoms with Crippen LogP contribution in [0.5, 0.6) is 0 Å². The highest BCUT2D eigenvalue weighted by Crippen LogP contribution is 2.09. The summed E-state index contributed by atoms with van der Waals surface area (Å²) >= 11 is 3.18. The SMILES string of the molecule is CCC(CC)Cn1cncc(Br)c1=O. The molecule has 0 saturated heterocycles. The van der Waals surface area contributed by atoms with Gasteiger partial charge in [-0.3, -0.25) is 9.36 Å². The predicted octanol–water partition coefficient (Wildman–Crippen LogP) is 2.44. The molecule has 0 unspecified atom stereocenters. The topological polar surface area (TPSA) is 34.9 Å². The molecule has 1 rings (SSSR count). The van der Waals surface area contributed by atoms with Crippen LogP contribution in [0.2, 0.25) is 0 Å². The van der Waals surface area contributed by atoms with Crippen molar-refractivity contribution >= 4 is 15.9 Å². The molecular formula is C10H15BrN2O. The van der Waals surface area contributed by atoms with Gasteiger partial charge in [-0.2, -0.15) is 0 Å². The summed E-state index contributed by atoms with van der Waals surface area (Å²) in [5, 5.41) is 0. The molecule has 0 aromatic carbocycles. The van der Waals surface area contributed by atoms with Crippen molar-refractivity contribution in [3.63, 3.8) is 0 Å². The smallest absolute Gasteiger partial charge is 0.267 e. The molecule has 0 atom stereocenters. The summed E-state index contributed by atoms with van der Waals surface area (Å²) in [6.45, 7) is 5.05. The third kappa shape index (κ3) is 2.67. The van der Waals surface area contributed by atoms with Gasteiger partial charge in [0.1, 0.15) is 4.47 Å². The van der Waals surface area contributed by atoms with E-state index >= 15 is 0 Å². The lowest BCUT2D eigenvalue weighted by molar-refractivity contribution is 0.408. The van der Waals surface area contributed by atoms with E-state index in [1.54, 1.807) is 10.9 Å². The van der Waals surface area contributed by atoms with Crippen LogP contribution in [0.15, 0.2) is 21.8 Å². The second-order valence-electron chi connectivity index (χ2n) is 3.38. The average Bonchev–Trinajstić information content (AvgIpc) is 2.20. The molecule has 1 heterocycles. The van der Waals surface area contributed by atoms with Crippen LogP contribution < -0.4 is 5.56 Å². The quantitative estimate of drug-likeness (QED) is 0.832. The van der Waals surface area contributed by atoms with Gasteiger partial charge in [-0.25, -0.2) is 4.98 Å². The van der Waals surface area contributed by atoms with Gasteiger partial charge < -0.3 is 0 Å².